The molecular formula is C16H31NO3S. The Labute approximate surface area is 133 Å². The highest BCUT2D eigenvalue weighted by molar-refractivity contribution is 7.99. The fourth-order valence-corrected chi connectivity index (χ4v) is 4.37. The minimum Gasteiger partial charge on any atom is -0.465 e. The first kappa shape index (κ1) is 18.8. The van der Waals surface area contributed by atoms with Crippen LogP contribution in [0.3, 0.4) is 0 Å². The Bertz CT molecular complexity index is 312. The van der Waals surface area contributed by atoms with Crippen molar-refractivity contribution in [1.82, 2.24) is 5.32 Å². The summed E-state index contributed by atoms with van der Waals surface area (Å²) in [5.74, 6) is 1.03. The second kappa shape index (κ2) is 9.70. The lowest BCUT2D eigenvalue weighted by atomic mass is 9.80. The van der Waals surface area contributed by atoms with Crippen molar-refractivity contribution in [3.63, 3.8) is 0 Å². The molecule has 0 spiro atoms. The number of methoxy groups -OCH3 is 1. The number of nitrogens with one attached hydrogen (secondary N) is 1. The van der Waals surface area contributed by atoms with E-state index in [2.05, 4.69) is 19.2 Å². The van der Waals surface area contributed by atoms with Crippen molar-refractivity contribution >= 4 is 17.7 Å². The van der Waals surface area contributed by atoms with Gasteiger partial charge in [-0.15, -0.1) is 0 Å². The summed E-state index contributed by atoms with van der Waals surface area (Å²) in [6, 6.07) is 0.284. The lowest BCUT2D eigenvalue weighted by Gasteiger charge is -2.40. The predicted octanol–water partition coefficient (Wildman–Crippen LogP) is 3.00. The molecule has 0 aromatic heterocycles. The summed E-state index contributed by atoms with van der Waals surface area (Å²) in [7, 11) is 1.74. The van der Waals surface area contributed by atoms with Gasteiger partial charge in [-0.05, 0) is 58.6 Å². The first-order valence-electron chi connectivity index (χ1n) is 8.09. The van der Waals surface area contributed by atoms with Crippen molar-refractivity contribution in [2.24, 2.45) is 0 Å². The third-order valence-corrected chi connectivity index (χ3v) is 5.18. The van der Waals surface area contributed by atoms with Crippen LogP contribution in [0.15, 0.2) is 0 Å². The van der Waals surface area contributed by atoms with Crippen molar-refractivity contribution in [3.8, 4) is 0 Å². The maximum Gasteiger partial charge on any atom is 0.326 e. The van der Waals surface area contributed by atoms with Crippen molar-refractivity contribution in [2.75, 3.05) is 26.1 Å². The van der Waals surface area contributed by atoms with Gasteiger partial charge in [-0.3, -0.25) is 10.1 Å². The van der Waals surface area contributed by atoms with Crippen molar-refractivity contribution in [2.45, 2.75) is 69.7 Å². The van der Waals surface area contributed by atoms with Crippen LogP contribution < -0.4 is 5.32 Å². The summed E-state index contributed by atoms with van der Waals surface area (Å²) in [5, 5.41) is 4.03. The average molecular weight is 317 g/mol. The molecule has 0 aromatic rings. The number of hydrogen-bond acceptors (Lipinski definition) is 5. The number of hydrogen-bond donors (Lipinski definition) is 1. The Balaban J connectivity index is 2.62. The van der Waals surface area contributed by atoms with Gasteiger partial charge in [0.1, 0.15) is 5.54 Å². The Morgan fingerprint density at radius 3 is 2.86 bits per heavy atom. The molecule has 0 bridgehead atoms. The Kier molecular flexibility index (Phi) is 8.67. The van der Waals surface area contributed by atoms with Crippen LogP contribution in [-0.4, -0.2) is 48.9 Å². The summed E-state index contributed by atoms with van der Waals surface area (Å²) in [4.78, 5) is 12.5. The molecule has 5 heteroatoms. The molecule has 2 unspecified atom stereocenters. The van der Waals surface area contributed by atoms with E-state index in [1.165, 1.54) is 6.42 Å². The fraction of sp³-hybridized carbons (Fsp3) is 0.938. The highest BCUT2D eigenvalue weighted by Crippen LogP contribution is 2.36. The van der Waals surface area contributed by atoms with E-state index < -0.39 is 5.54 Å². The lowest BCUT2D eigenvalue weighted by molar-refractivity contribution is -0.153. The van der Waals surface area contributed by atoms with Crippen LogP contribution in [0.25, 0.3) is 0 Å². The van der Waals surface area contributed by atoms with Gasteiger partial charge in [-0.2, -0.15) is 11.8 Å². The third-order valence-electron chi connectivity index (χ3n) is 3.78. The summed E-state index contributed by atoms with van der Waals surface area (Å²) in [6.45, 7) is 7.33. The summed E-state index contributed by atoms with van der Waals surface area (Å²) >= 11 is 1.97. The second-order valence-electron chi connectivity index (χ2n) is 6.04. The molecule has 0 aromatic carbocycles. The van der Waals surface area contributed by atoms with Crippen molar-refractivity contribution in [3.05, 3.63) is 0 Å². The van der Waals surface area contributed by atoms with Crippen LogP contribution in [0.2, 0.25) is 0 Å². The van der Waals surface area contributed by atoms with E-state index in [0.717, 1.165) is 38.0 Å². The number of thioether (sulfide) groups is 1. The molecule has 1 N–H and O–H groups in total. The van der Waals surface area contributed by atoms with Crippen LogP contribution in [0, 0.1) is 0 Å². The van der Waals surface area contributed by atoms with Crippen LogP contribution in [0.4, 0.5) is 0 Å². The minimum absolute atomic E-state index is 0.0686. The summed E-state index contributed by atoms with van der Waals surface area (Å²) in [5.41, 5.74) is -0.485. The molecular weight excluding hydrogens is 286 g/mol. The highest BCUT2D eigenvalue weighted by atomic mass is 32.2. The van der Waals surface area contributed by atoms with Gasteiger partial charge in [0.2, 0.25) is 0 Å². The van der Waals surface area contributed by atoms with Crippen LogP contribution in [-0.2, 0) is 14.3 Å². The van der Waals surface area contributed by atoms with Gasteiger partial charge in [0.25, 0.3) is 0 Å². The average Bonchev–Trinajstić information content (AvgIpc) is 2.43. The van der Waals surface area contributed by atoms with Crippen LogP contribution >= 0.6 is 11.8 Å². The molecule has 1 rings (SSSR count). The zero-order chi connectivity index (χ0) is 15.7. The molecule has 1 aliphatic carbocycles. The van der Waals surface area contributed by atoms with E-state index >= 15 is 0 Å². The van der Waals surface area contributed by atoms with E-state index in [4.69, 9.17) is 9.47 Å². The van der Waals surface area contributed by atoms with Crippen LogP contribution in [0.5, 0.6) is 0 Å². The summed E-state index contributed by atoms with van der Waals surface area (Å²) < 4.78 is 10.4. The standard InChI is InChI=1S/C16H31NO3S/c1-5-20-15(18)16(17-13(2)3)9-6-8-14(12-16)21-11-7-10-19-4/h13-14,17H,5-12H2,1-4H3. The monoisotopic (exact) mass is 317 g/mol. The second-order valence-corrected chi connectivity index (χ2v) is 7.45. The van der Waals surface area contributed by atoms with Gasteiger partial charge < -0.3 is 9.47 Å². The maximum absolute atomic E-state index is 12.5. The van der Waals surface area contributed by atoms with Gasteiger partial charge in [-0.25, -0.2) is 0 Å². The largest absolute Gasteiger partial charge is 0.465 e. The van der Waals surface area contributed by atoms with E-state index in [1.807, 2.05) is 18.7 Å². The topological polar surface area (TPSA) is 47.6 Å². The Hall–Kier alpha value is -0.260. The van der Waals surface area contributed by atoms with Gasteiger partial charge in [0, 0.05) is 25.0 Å². The Morgan fingerprint density at radius 2 is 2.24 bits per heavy atom. The van der Waals surface area contributed by atoms with Gasteiger partial charge >= 0.3 is 5.97 Å². The molecule has 4 nitrogen and oxygen atoms in total. The quantitative estimate of drug-likeness (QED) is 0.523. The zero-order valence-corrected chi connectivity index (χ0v) is 14.8. The normalized spacial score (nSPS) is 26.0. The van der Waals surface area contributed by atoms with Crippen molar-refractivity contribution < 1.29 is 14.3 Å². The molecule has 1 aliphatic rings. The molecule has 21 heavy (non-hydrogen) atoms. The molecule has 1 fully saturated rings. The number of rotatable bonds is 9. The first-order chi connectivity index (χ1) is 10.0. The van der Waals surface area contributed by atoms with Crippen LogP contribution in [0.1, 0.15) is 52.9 Å². The fourth-order valence-electron chi connectivity index (χ4n) is 3.02. The number of ether oxygens (including phenoxy) is 2. The Morgan fingerprint density at radius 1 is 1.48 bits per heavy atom. The maximum atomic E-state index is 12.5. The number of carbonyl (C=O) groups is 1. The van der Waals surface area contributed by atoms with Crippen molar-refractivity contribution in [1.29, 1.82) is 0 Å². The molecule has 0 saturated heterocycles. The van der Waals surface area contributed by atoms with E-state index in [1.54, 1.807) is 7.11 Å². The molecule has 0 amide bonds. The third kappa shape index (κ3) is 6.17. The highest BCUT2D eigenvalue weighted by Gasteiger charge is 2.44. The molecule has 124 valence electrons. The van der Waals surface area contributed by atoms with Gasteiger partial charge in [0.05, 0.1) is 6.61 Å². The zero-order valence-electron chi connectivity index (χ0n) is 13.9. The lowest BCUT2D eigenvalue weighted by Crippen LogP contribution is -2.58. The summed E-state index contributed by atoms with van der Waals surface area (Å²) in [6.07, 6.45) is 5.11. The molecule has 0 heterocycles. The minimum atomic E-state index is -0.485. The molecule has 0 radical (unpaired) electrons. The molecule has 2 atom stereocenters. The van der Waals surface area contributed by atoms with Gasteiger partial charge in [0.15, 0.2) is 0 Å². The predicted molar refractivity (Wildman–Crippen MR) is 88.8 cm³/mol. The van der Waals surface area contributed by atoms with E-state index in [0.29, 0.717) is 11.9 Å². The molecule has 1 saturated carbocycles. The molecule has 0 aliphatic heterocycles. The smallest absolute Gasteiger partial charge is 0.326 e. The van der Waals surface area contributed by atoms with E-state index in [-0.39, 0.29) is 12.0 Å². The number of esters is 1. The number of carbonyl (C=O) groups excluding carboxylic acids is 1. The first-order valence-corrected chi connectivity index (χ1v) is 9.14. The SMILES string of the molecule is CCOC(=O)C1(NC(C)C)CCCC(SCCCOC)C1. The van der Waals surface area contributed by atoms with Gasteiger partial charge in [-0.1, -0.05) is 0 Å². The van der Waals surface area contributed by atoms with E-state index in [9.17, 15) is 4.79 Å².